The van der Waals surface area contributed by atoms with Crippen molar-refractivity contribution < 1.29 is 33.4 Å². The molecule has 0 saturated heterocycles. The summed E-state index contributed by atoms with van der Waals surface area (Å²) >= 11 is 0. The third-order valence-electron chi connectivity index (χ3n) is 3.70. The van der Waals surface area contributed by atoms with E-state index in [4.69, 9.17) is 14.2 Å². The summed E-state index contributed by atoms with van der Waals surface area (Å²) in [6.07, 6.45) is -0.858. The fourth-order valence-corrected chi connectivity index (χ4v) is 2.43. The highest BCUT2D eigenvalue weighted by atomic mass is 16.5. The van der Waals surface area contributed by atoms with Crippen LogP contribution in [0.4, 0.5) is 0 Å². The van der Waals surface area contributed by atoms with Gasteiger partial charge in [0.15, 0.2) is 23.6 Å². The molecule has 0 N–H and O–H groups in total. The van der Waals surface area contributed by atoms with E-state index in [1.807, 2.05) is 30.3 Å². The van der Waals surface area contributed by atoms with E-state index < -0.39 is 35.5 Å². The Morgan fingerprint density at radius 1 is 1.07 bits per heavy atom. The van der Waals surface area contributed by atoms with Crippen LogP contribution < -0.4 is 0 Å². The van der Waals surface area contributed by atoms with Gasteiger partial charge in [0, 0.05) is 20.0 Å². The normalized spacial score (nSPS) is 12.7. The maximum Gasteiger partial charge on any atom is 0.324 e. The van der Waals surface area contributed by atoms with Gasteiger partial charge >= 0.3 is 11.9 Å². The highest BCUT2D eigenvalue weighted by Gasteiger charge is 2.38. The van der Waals surface area contributed by atoms with E-state index in [1.165, 1.54) is 6.92 Å². The lowest BCUT2D eigenvalue weighted by Crippen LogP contribution is -2.40. The maximum atomic E-state index is 12.4. The third-order valence-corrected chi connectivity index (χ3v) is 3.70. The lowest BCUT2D eigenvalue weighted by atomic mass is 9.93. The Labute approximate surface area is 159 Å². The highest BCUT2D eigenvalue weighted by Crippen LogP contribution is 2.13. The molecule has 0 radical (unpaired) electrons. The molecule has 0 heterocycles. The molecule has 7 heteroatoms. The summed E-state index contributed by atoms with van der Waals surface area (Å²) in [5.74, 6) is -4.52. The van der Waals surface area contributed by atoms with E-state index in [0.29, 0.717) is 19.6 Å². The summed E-state index contributed by atoms with van der Waals surface area (Å²) in [5.41, 5.74) is 1.01. The number of esters is 2. The van der Waals surface area contributed by atoms with Crippen LogP contribution in [0.15, 0.2) is 30.3 Å². The van der Waals surface area contributed by atoms with Crippen molar-refractivity contribution in [2.45, 2.75) is 46.3 Å². The highest BCUT2D eigenvalue weighted by molar-refractivity contribution is 6.18. The Kier molecular flexibility index (Phi) is 9.96. The van der Waals surface area contributed by atoms with Gasteiger partial charge in [0.25, 0.3) is 0 Å². The molecule has 27 heavy (non-hydrogen) atoms. The van der Waals surface area contributed by atoms with Crippen molar-refractivity contribution in [1.29, 1.82) is 0 Å². The molecule has 0 aliphatic carbocycles. The number of rotatable bonds is 12. The predicted molar refractivity (Wildman–Crippen MR) is 96.7 cm³/mol. The SMILES string of the molecule is CCOC(=O)C(C(=O)CCCOCc1ccccc1)C(=O)C(C)OC(C)=O. The van der Waals surface area contributed by atoms with Crippen LogP contribution >= 0.6 is 0 Å². The van der Waals surface area contributed by atoms with E-state index in [9.17, 15) is 19.2 Å². The summed E-state index contributed by atoms with van der Waals surface area (Å²) in [6.45, 7) is 4.82. The molecule has 0 aliphatic rings. The van der Waals surface area contributed by atoms with Crippen molar-refractivity contribution in [2.75, 3.05) is 13.2 Å². The molecular weight excluding hydrogens is 352 g/mol. The standard InChI is InChI=1S/C20H26O7/c1-4-26-20(24)18(19(23)14(2)27-15(3)21)17(22)11-8-12-25-13-16-9-6-5-7-10-16/h5-7,9-10,14,18H,4,8,11-13H2,1-3H3. The van der Waals surface area contributed by atoms with Crippen molar-refractivity contribution in [3.63, 3.8) is 0 Å². The molecule has 148 valence electrons. The number of hydrogen-bond donors (Lipinski definition) is 0. The van der Waals surface area contributed by atoms with E-state index in [0.717, 1.165) is 12.5 Å². The Hall–Kier alpha value is -2.54. The molecule has 0 saturated carbocycles. The molecule has 2 atom stereocenters. The maximum absolute atomic E-state index is 12.4. The summed E-state index contributed by atoms with van der Waals surface area (Å²) in [5, 5.41) is 0. The minimum Gasteiger partial charge on any atom is -0.465 e. The topological polar surface area (TPSA) is 96.0 Å². The first-order chi connectivity index (χ1) is 12.9. The van der Waals surface area contributed by atoms with Crippen LogP contribution in [0.3, 0.4) is 0 Å². The van der Waals surface area contributed by atoms with Crippen molar-refractivity contribution in [1.82, 2.24) is 0 Å². The van der Waals surface area contributed by atoms with Crippen LogP contribution in [-0.4, -0.2) is 42.8 Å². The van der Waals surface area contributed by atoms with E-state index in [-0.39, 0.29) is 13.0 Å². The Bertz CT molecular complexity index is 639. The number of carbonyl (C=O) groups excluding carboxylic acids is 4. The average Bonchev–Trinajstić information content (AvgIpc) is 2.62. The first-order valence-electron chi connectivity index (χ1n) is 8.88. The fraction of sp³-hybridized carbons (Fsp3) is 0.500. The Morgan fingerprint density at radius 2 is 1.74 bits per heavy atom. The van der Waals surface area contributed by atoms with Gasteiger partial charge in [0.05, 0.1) is 13.2 Å². The quantitative estimate of drug-likeness (QED) is 0.313. The predicted octanol–water partition coefficient (Wildman–Crippen LogP) is 2.25. The number of benzene rings is 1. The van der Waals surface area contributed by atoms with Gasteiger partial charge in [-0.1, -0.05) is 30.3 Å². The average molecular weight is 378 g/mol. The van der Waals surface area contributed by atoms with Crippen LogP contribution in [0.5, 0.6) is 0 Å². The summed E-state index contributed by atoms with van der Waals surface area (Å²) in [4.78, 5) is 47.9. The monoisotopic (exact) mass is 378 g/mol. The van der Waals surface area contributed by atoms with Crippen molar-refractivity contribution >= 4 is 23.5 Å². The smallest absolute Gasteiger partial charge is 0.324 e. The zero-order valence-electron chi connectivity index (χ0n) is 15.9. The molecule has 1 aromatic carbocycles. The molecule has 1 rings (SSSR count). The van der Waals surface area contributed by atoms with Crippen molar-refractivity contribution in [3.05, 3.63) is 35.9 Å². The minimum atomic E-state index is -1.59. The lowest BCUT2D eigenvalue weighted by molar-refractivity contribution is -0.162. The van der Waals surface area contributed by atoms with Gasteiger partial charge in [-0.05, 0) is 25.8 Å². The summed E-state index contributed by atoms with van der Waals surface area (Å²) in [7, 11) is 0. The first kappa shape index (κ1) is 22.5. The van der Waals surface area contributed by atoms with Crippen LogP contribution in [-0.2, 0) is 40.0 Å². The molecule has 0 bridgehead atoms. The third kappa shape index (κ3) is 8.13. The van der Waals surface area contributed by atoms with Gasteiger partial charge < -0.3 is 14.2 Å². The number of hydrogen-bond acceptors (Lipinski definition) is 7. The van der Waals surface area contributed by atoms with Gasteiger partial charge in [-0.15, -0.1) is 0 Å². The van der Waals surface area contributed by atoms with Crippen LogP contribution in [0.25, 0.3) is 0 Å². The van der Waals surface area contributed by atoms with Gasteiger partial charge in [0.2, 0.25) is 0 Å². The van der Waals surface area contributed by atoms with Crippen LogP contribution in [0, 0.1) is 5.92 Å². The van der Waals surface area contributed by atoms with Crippen LogP contribution in [0.1, 0.15) is 39.2 Å². The second-order valence-corrected chi connectivity index (χ2v) is 5.95. The second-order valence-electron chi connectivity index (χ2n) is 5.95. The molecule has 7 nitrogen and oxygen atoms in total. The zero-order valence-corrected chi connectivity index (χ0v) is 15.9. The Morgan fingerprint density at radius 3 is 2.33 bits per heavy atom. The molecular formula is C20H26O7. The van der Waals surface area contributed by atoms with E-state index in [1.54, 1.807) is 6.92 Å². The number of ether oxygens (including phenoxy) is 3. The van der Waals surface area contributed by atoms with Crippen LogP contribution in [0.2, 0.25) is 0 Å². The van der Waals surface area contributed by atoms with Gasteiger partial charge in [-0.2, -0.15) is 0 Å². The summed E-state index contributed by atoms with van der Waals surface area (Å²) < 4.78 is 15.1. The molecule has 1 aromatic rings. The first-order valence-corrected chi connectivity index (χ1v) is 8.88. The van der Waals surface area contributed by atoms with Gasteiger partial charge in [-0.3, -0.25) is 19.2 Å². The Balaban J connectivity index is 2.56. The lowest BCUT2D eigenvalue weighted by Gasteiger charge is -2.17. The largest absolute Gasteiger partial charge is 0.465 e. The fourth-order valence-electron chi connectivity index (χ4n) is 2.43. The van der Waals surface area contributed by atoms with Gasteiger partial charge in [0.1, 0.15) is 0 Å². The second kappa shape index (κ2) is 12.0. The van der Waals surface area contributed by atoms with E-state index in [2.05, 4.69) is 0 Å². The number of carbonyl (C=O) groups is 4. The molecule has 2 unspecified atom stereocenters. The molecule has 0 aliphatic heterocycles. The number of Topliss-reactive ketones (excluding diaryl/α,β-unsaturated/α-hetero) is 2. The van der Waals surface area contributed by atoms with Crippen molar-refractivity contribution in [2.24, 2.45) is 5.92 Å². The number of ketones is 2. The minimum absolute atomic E-state index is 0.0171. The summed E-state index contributed by atoms with van der Waals surface area (Å²) in [6, 6.07) is 9.57. The zero-order chi connectivity index (χ0) is 20.2. The molecule has 0 spiro atoms. The molecule has 0 amide bonds. The van der Waals surface area contributed by atoms with Gasteiger partial charge in [-0.25, -0.2) is 0 Å². The van der Waals surface area contributed by atoms with E-state index >= 15 is 0 Å². The molecule has 0 aromatic heterocycles. The van der Waals surface area contributed by atoms with Crippen molar-refractivity contribution in [3.8, 4) is 0 Å². The molecule has 0 fully saturated rings.